The van der Waals surface area contributed by atoms with E-state index in [1.54, 1.807) is 36.4 Å². The van der Waals surface area contributed by atoms with Gasteiger partial charge in [0.05, 0.1) is 11.9 Å². The number of nitrogens with zero attached hydrogens (tertiary/aromatic N) is 2. The topological polar surface area (TPSA) is 117 Å². The zero-order valence-electron chi connectivity index (χ0n) is 15.3. The second-order valence-corrected chi connectivity index (χ2v) is 6.94. The maximum atomic E-state index is 12.3. The van der Waals surface area contributed by atoms with E-state index in [0.29, 0.717) is 17.7 Å². The Labute approximate surface area is 173 Å². The van der Waals surface area contributed by atoms with Crippen molar-refractivity contribution in [1.29, 1.82) is 0 Å². The number of benzene rings is 2. The van der Waals surface area contributed by atoms with E-state index in [9.17, 15) is 19.5 Å². The molecule has 8 nitrogen and oxygen atoms in total. The molecule has 3 aromatic rings. The average molecular weight is 457 g/mol. The van der Waals surface area contributed by atoms with Crippen molar-refractivity contribution in [3.63, 3.8) is 0 Å². The molecule has 0 bridgehead atoms. The number of nitrogens with one attached hydrogen (secondary N) is 2. The summed E-state index contributed by atoms with van der Waals surface area (Å²) >= 11 is 3.27. The lowest BCUT2D eigenvalue weighted by Gasteiger charge is -2.13. The Hall–Kier alpha value is -3.46. The number of hydrogen-bond donors (Lipinski definition) is 3. The molecule has 3 N–H and O–H groups in total. The minimum absolute atomic E-state index is 0.259. The van der Waals surface area contributed by atoms with Crippen molar-refractivity contribution in [3.05, 3.63) is 90.5 Å². The Morgan fingerprint density at radius 3 is 2.72 bits per heavy atom. The first-order valence-corrected chi connectivity index (χ1v) is 9.47. The molecule has 9 heteroatoms. The standard InChI is InChI=1S/C20H17BrN4O4/c1-2-12-6-3-4-9-16(12)25-19(28)15(18(27)23-20(25)29)11-22-24-17(26)13-7-5-8-14(21)10-13/h3-11,28H,2H2,1H3,(H,24,26)(H,23,27,29). The number of aryl methyl sites for hydroxylation is 1. The molecule has 0 saturated carbocycles. The van der Waals surface area contributed by atoms with E-state index < -0.39 is 23.0 Å². The highest BCUT2D eigenvalue weighted by atomic mass is 79.9. The van der Waals surface area contributed by atoms with E-state index in [1.807, 2.05) is 19.1 Å². The Kier molecular flexibility index (Phi) is 6.08. The minimum Gasteiger partial charge on any atom is -0.493 e. The van der Waals surface area contributed by atoms with Gasteiger partial charge in [-0.1, -0.05) is 47.1 Å². The molecule has 0 fully saturated rings. The molecular weight excluding hydrogens is 440 g/mol. The number of carbonyl (C=O) groups is 1. The molecular formula is C20H17BrN4O4. The summed E-state index contributed by atoms with van der Waals surface area (Å²) in [4.78, 5) is 38.8. The Morgan fingerprint density at radius 2 is 2.00 bits per heavy atom. The number of carbonyl (C=O) groups excluding carboxylic acids is 1. The monoisotopic (exact) mass is 456 g/mol. The molecule has 0 aliphatic heterocycles. The first-order valence-electron chi connectivity index (χ1n) is 8.68. The van der Waals surface area contributed by atoms with Crippen molar-refractivity contribution >= 4 is 28.1 Å². The van der Waals surface area contributed by atoms with Crippen LogP contribution in [0.1, 0.15) is 28.4 Å². The van der Waals surface area contributed by atoms with Crippen LogP contribution in [0.3, 0.4) is 0 Å². The molecule has 0 spiro atoms. The van der Waals surface area contributed by atoms with Crippen LogP contribution in [0.5, 0.6) is 5.88 Å². The van der Waals surface area contributed by atoms with Gasteiger partial charge in [-0.3, -0.25) is 14.6 Å². The molecule has 0 radical (unpaired) electrons. The van der Waals surface area contributed by atoms with Crippen LogP contribution >= 0.6 is 15.9 Å². The van der Waals surface area contributed by atoms with Crippen LogP contribution < -0.4 is 16.7 Å². The summed E-state index contributed by atoms with van der Waals surface area (Å²) in [6.45, 7) is 1.91. The number of rotatable bonds is 5. The molecule has 0 saturated heterocycles. The molecule has 29 heavy (non-hydrogen) atoms. The third kappa shape index (κ3) is 4.35. The van der Waals surface area contributed by atoms with Gasteiger partial charge in [0.2, 0.25) is 5.88 Å². The smallest absolute Gasteiger partial charge is 0.335 e. The van der Waals surface area contributed by atoms with Gasteiger partial charge in [-0.05, 0) is 36.2 Å². The van der Waals surface area contributed by atoms with Crippen LogP contribution in [-0.4, -0.2) is 26.8 Å². The zero-order valence-corrected chi connectivity index (χ0v) is 16.9. The first kappa shape index (κ1) is 20.3. The van der Waals surface area contributed by atoms with Crippen LogP contribution in [-0.2, 0) is 6.42 Å². The predicted octanol–water partition coefficient (Wildman–Crippen LogP) is 2.32. The number of H-pyrrole nitrogens is 1. The number of halogens is 1. The number of hydrogen-bond acceptors (Lipinski definition) is 5. The van der Waals surface area contributed by atoms with Gasteiger partial charge < -0.3 is 5.11 Å². The van der Waals surface area contributed by atoms with E-state index in [1.165, 1.54) is 0 Å². The predicted molar refractivity (Wildman–Crippen MR) is 113 cm³/mol. The summed E-state index contributed by atoms with van der Waals surface area (Å²) in [6, 6.07) is 13.7. The number of para-hydroxylation sites is 1. The summed E-state index contributed by atoms with van der Waals surface area (Å²) in [5, 5.41) is 14.3. The number of aromatic nitrogens is 2. The molecule has 0 atom stereocenters. The van der Waals surface area contributed by atoms with E-state index in [2.05, 4.69) is 31.4 Å². The molecule has 0 aliphatic rings. The molecule has 0 unspecified atom stereocenters. The van der Waals surface area contributed by atoms with Crippen molar-refractivity contribution < 1.29 is 9.90 Å². The van der Waals surface area contributed by atoms with E-state index in [0.717, 1.165) is 20.8 Å². The van der Waals surface area contributed by atoms with Gasteiger partial charge in [-0.15, -0.1) is 0 Å². The number of aromatic amines is 1. The number of amides is 1. The molecule has 2 aromatic carbocycles. The first-order chi connectivity index (χ1) is 13.9. The van der Waals surface area contributed by atoms with Gasteiger partial charge in [0, 0.05) is 10.0 Å². The second kappa shape index (κ2) is 8.70. The Balaban J connectivity index is 1.96. The molecule has 148 valence electrons. The van der Waals surface area contributed by atoms with Crippen LogP contribution in [0.4, 0.5) is 0 Å². The highest BCUT2D eigenvalue weighted by Gasteiger charge is 2.16. The second-order valence-electron chi connectivity index (χ2n) is 6.02. The highest BCUT2D eigenvalue weighted by molar-refractivity contribution is 9.10. The molecule has 1 amide bonds. The van der Waals surface area contributed by atoms with Crippen molar-refractivity contribution in [1.82, 2.24) is 15.0 Å². The summed E-state index contributed by atoms with van der Waals surface area (Å²) in [5.74, 6) is -1.07. The molecule has 0 aliphatic carbocycles. The van der Waals surface area contributed by atoms with Crippen LogP contribution in [0.15, 0.2) is 67.7 Å². The lowest BCUT2D eigenvalue weighted by Crippen LogP contribution is -2.32. The van der Waals surface area contributed by atoms with Crippen LogP contribution in [0, 0.1) is 0 Å². The van der Waals surface area contributed by atoms with Crippen LogP contribution in [0.25, 0.3) is 5.69 Å². The van der Waals surface area contributed by atoms with E-state index >= 15 is 0 Å². The summed E-state index contributed by atoms with van der Waals surface area (Å²) < 4.78 is 1.72. The van der Waals surface area contributed by atoms with Gasteiger partial charge in [0.25, 0.3) is 11.5 Å². The van der Waals surface area contributed by atoms with Gasteiger partial charge in [0.1, 0.15) is 5.56 Å². The van der Waals surface area contributed by atoms with Gasteiger partial charge in [0.15, 0.2) is 0 Å². The van der Waals surface area contributed by atoms with Crippen molar-refractivity contribution in [2.45, 2.75) is 13.3 Å². The molecule has 1 aromatic heterocycles. The minimum atomic E-state index is -0.821. The number of hydrazone groups is 1. The molecule has 1 heterocycles. The molecule has 3 rings (SSSR count). The third-order valence-electron chi connectivity index (χ3n) is 4.18. The Morgan fingerprint density at radius 1 is 1.24 bits per heavy atom. The van der Waals surface area contributed by atoms with Crippen molar-refractivity contribution in [2.75, 3.05) is 0 Å². The zero-order chi connectivity index (χ0) is 21.0. The number of aromatic hydroxyl groups is 1. The summed E-state index contributed by atoms with van der Waals surface area (Å²) in [7, 11) is 0. The summed E-state index contributed by atoms with van der Waals surface area (Å²) in [6.07, 6.45) is 1.61. The Bertz CT molecular complexity index is 1210. The SMILES string of the molecule is CCc1ccccc1-n1c(O)c(C=NNC(=O)c2cccc(Br)c2)c(=O)[nH]c1=O. The third-order valence-corrected chi connectivity index (χ3v) is 4.67. The normalized spacial score (nSPS) is 11.0. The average Bonchev–Trinajstić information content (AvgIpc) is 2.70. The fourth-order valence-corrected chi connectivity index (χ4v) is 3.16. The van der Waals surface area contributed by atoms with Crippen molar-refractivity contribution in [2.24, 2.45) is 5.10 Å². The van der Waals surface area contributed by atoms with Crippen molar-refractivity contribution in [3.8, 4) is 11.6 Å². The lowest BCUT2D eigenvalue weighted by molar-refractivity contribution is 0.0955. The van der Waals surface area contributed by atoms with Gasteiger partial charge in [-0.25, -0.2) is 14.8 Å². The lowest BCUT2D eigenvalue weighted by atomic mass is 10.1. The van der Waals surface area contributed by atoms with Gasteiger partial charge >= 0.3 is 5.69 Å². The highest BCUT2D eigenvalue weighted by Crippen LogP contribution is 2.19. The maximum Gasteiger partial charge on any atom is 0.335 e. The maximum absolute atomic E-state index is 12.3. The van der Waals surface area contributed by atoms with E-state index in [4.69, 9.17) is 0 Å². The largest absolute Gasteiger partial charge is 0.493 e. The van der Waals surface area contributed by atoms with E-state index in [-0.39, 0.29) is 5.56 Å². The fourth-order valence-electron chi connectivity index (χ4n) is 2.76. The van der Waals surface area contributed by atoms with Crippen LogP contribution in [0.2, 0.25) is 0 Å². The van der Waals surface area contributed by atoms with Gasteiger partial charge in [-0.2, -0.15) is 5.10 Å². The summed E-state index contributed by atoms with van der Waals surface area (Å²) in [5.41, 5.74) is 2.04. The quantitative estimate of drug-likeness (QED) is 0.403. The fraction of sp³-hybridized carbons (Fsp3) is 0.100.